The van der Waals surface area contributed by atoms with Gasteiger partial charge in [0.1, 0.15) is 11.6 Å². The van der Waals surface area contributed by atoms with Gasteiger partial charge >= 0.3 is 0 Å². The first kappa shape index (κ1) is 15.2. The number of hydrogen-bond donors (Lipinski definition) is 2. The number of fused-ring (bicyclic) bond motifs is 1. The Kier molecular flexibility index (Phi) is 3.61. The van der Waals surface area contributed by atoms with Gasteiger partial charge in [-0.15, -0.1) is 0 Å². The molecular weight excluding hydrogens is 301 g/mol. The number of carbonyl (C=O) groups is 2. The van der Waals surface area contributed by atoms with Crippen molar-refractivity contribution in [2.24, 2.45) is 0 Å². The number of ether oxygens (including phenoxy) is 1. The van der Waals surface area contributed by atoms with Gasteiger partial charge in [0.15, 0.2) is 11.4 Å². The zero-order valence-corrected chi connectivity index (χ0v) is 12.3. The Morgan fingerprint density at radius 2 is 2.04 bits per heavy atom. The van der Waals surface area contributed by atoms with E-state index in [1.807, 2.05) is 0 Å². The van der Waals surface area contributed by atoms with Crippen LogP contribution < -0.4 is 10.1 Å². The van der Waals surface area contributed by atoms with E-state index in [0.29, 0.717) is 11.4 Å². The summed E-state index contributed by atoms with van der Waals surface area (Å²) in [7, 11) is 1.42. The van der Waals surface area contributed by atoms with E-state index in [1.54, 1.807) is 24.3 Å². The monoisotopic (exact) mass is 315 g/mol. The number of nitrogens with one attached hydrogen (secondary N) is 1. The molecule has 0 bridgehead atoms. The normalized spacial score (nSPS) is 19.2. The predicted molar refractivity (Wildman–Crippen MR) is 80.9 cm³/mol. The molecule has 0 fully saturated rings. The van der Waals surface area contributed by atoms with Gasteiger partial charge in [0, 0.05) is 11.3 Å². The van der Waals surface area contributed by atoms with E-state index in [4.69, 9.17) is 4.74 Å². The summed E-state index contributed by atoms with van der Waals surface area (Å²) in [5, 5.41) is 13.2. The number of hydrogen-bond acceptors (Lipinski definition) is 4. The second-order valence-electron chi connectivity index (χ2n) is 5.30. The van der Waals surface area contributed by atoms with Crippen LogP contribution in [0.3, 0.4) is 0 Å². The van der Waals surface area contributed by atoms with Crippen LogP contribution in [0, 0.1) is 5.82 Å². The van der Waals surface area contributed by atoms with Crippen molar-refractivity contribution in [3.05, 3.63) is 59.4 Å². The molecule has 6 heteroatoms. The number of ketones is 1. The van der Waals surface area contributed by atoms with Crippen molar-refractivity contribution in [1.82, 2.24) is 0 Å². The van der Waals surface area contributed by atoms with Crippen molar-refractivity contribution in [3.8, 4) is 5.75 Å². The highest BCUT2D eigenvalue weighted by Gasteiger charge is 2.47. The summed E-state index contributed by atoms with van der Waals surface area (Å²) in [4.78, 5) is 24.6. The molecule has 5 nitrogen and oxygen atoms in total. The van der Waals surface area contributed by atoms with Gasteiger partial charge in [0.25, 0.3) is 5.91 Å². The van der Waals surface area contributed by atoms with Gasteiger partial charge in [-0.05, 0) is 30.3 Å². The summed E-state index contributed by atoms with van der Waals surface area (Å²) in [5.74, 6) is -1.47. The first-order valence-corrected chi connectivity index (χ1v) is 6.96. The largest absolute Gasteiger partial charge is 0.496 e. The summed E-state index contributed by atoms with van der Waals surface area (Å²) < 4.78 is 18.6. The smallest absolute Gasteiger partial charge is 0.261 e. The lowest BCUT2D eigenvalue weighted by molar-refractivity contribution is -0.133. The third-order valence-corrected chi connectivity index (χ3v) is 3.87. The zero-order valence-electron chi connectivity index (χ0n) is 12.3. The van der Waals surface area contributed by atoms with Gasteiger partial charge in [0.05, 0.1) is 19.1 Å². The Hall–Kier alpha value is -2.73. The first-order valence-electron chi connectivity index (χ1n) is 6.96. The molecule has 1 atom stereocenters. The van der Waals surface area contributed by atoms with Crippen LogP contribution in [0.2, 0.25) is 0 Å². The van der Waals surface area contributed by atoms with Gasteiger partial charge in [-0.1, -0.05) is 12.1 Å². The van der Waals surface area contributed by atoms with Crippen LogP contribution in [-0.2, 0) is 10.4 Å². The molecule has 0 aromatic heterocycles. The van der Waals surface area contributed by atoms with Gasteiger partial charge in [0.2, 0.25) is 0 Å². The molecule has 0 aliphatic carbocycles. The number of anilines is 1. The molecule has 1 heterocycles. The molecule has 0 radical (unpaired) electrons. The molecule has 2 aromatic rings. The van der Waals surface area contributed by atoms with Crippen molar-refractivity contribution < 1.29 is 23.8 Å². The fourth-order valence-electron chi connectivity index (χ4n) is 2.69. The maximum Gasteiger partial charge on any atom is 0.261 e. The fraction of sp³-hybridized carbons (Fsp3) is 0.176. The lowest BCUT2D eigenvalue weighted by Gasteiger charge is -2.20. The van der Waals surface area contributed by atoms with Gasteiger partial charge in [-0.2, -0.15) is 0 Å². The molecule has 1 aliphatic rings. The van der Waals surface area contributed by atoms with Crippen LogP contribution in [0.1, 0.15) is 22.3 Å². The summed E-state index contributed by atoms with van der Waals surface area (Å²) in [6.07, 6.45) is -0.504. The SMILES string of the molecule is COc1ccccc1C(=O)CC1(O)C(=O)Nc2ccc(F)cc21. The highest BCUT2D eigenvalue weighted by atomic mass is 19.1. The summed E-state index contributed by atoms with van der Waals surface area (Å²) in [5.41, 5.74) is -1.49. The molecule has 1 unspecified atom stereocenters. The Bertz CT molecular complexity index is 805. The van der Waals surface area contributed by atoms with E-state index >= 15 is 0 Å². The molecule has 3 rings (SSSR count). The Balaban J connectivity index is 1.98. The van der Waals surface area contributed by atoms with Crippen LogP contribution >= 0.6 is 0 Å². The maximum atomic E-state index is 13.5. The van der Waals surface area contributed by atoms with E-state index in [2.05, 4.69) is 5.32 Å². The zero-order chi connectivity index (χ0) is 16.6. The minimum atomic E-state index is -2.10. The number of benzene rings is 2. The standard InChI is InChI=1S/C17H14FNO4/c1-23-15-5-3-2-4-11(15)14(20)9-17(22)12-8-10(18)6-7-13(12)19-16(17)21/h2-8,22H,9H2,1H3,(H,19,21). The average Bonchev–Trinajstić information content (AvgIpc) is 2.78. The van der Waals surface area contributed by atoms with E-state index in [9.17, 15) is 19.1 Å². The Morgan fingerprint density at radius 1 is 1.30 bits per heavy atom. The minimum absolute atomic E-state index is 0.0609. The van der Waals surface area contributed by atoms with Crippen LogP contribution in [0.25, 0.3) is 0 Å². The summed E-state index contributed by atoms with van der Waals surface area (Å²) in [6.45, 7) is 0. The second kappa shape index (κ2) is 5.48. The third kappa shape index (κ3) is 2.47. The third-order valence-electron chi connectivity index (χ3n) is 3.87. The predicted octanol–water partition coefficient (Wildman–Crippen LogP) is 2.25. The number of methoxy groups -OCH3 is 1. The van der Waals surface area contributed by atoms with Crippen LogP contribution in [0.4, 0.5) is 10.1 Å². The van der Waals surface area contributed by atoms with Gasteiger partial charge < -0.3 is 15.2 Å². The quantitative estimate of drug-likeness (QED) is 0.849. The maximum absolute atomic E-state index is 13.5. The van der Waals surface area contributed by atoms with Crippen molar-refractivity contribution in [2.45, 2.75) is 12.0 Å². The molecule has 2 aromatic carbocycles. The van der Waals surface area contributed by atoms with E-state index < -0.39 is 29.5 Å². The van der Waals surface area contributed by atoms with E-state index in [0.717, 1.165) is 6.07 Å². The molecule has 0 saturated heterocycles. The molecule has 23 heavy (non-hydrogen) atoms. The van der Waals surface area contributed by atoms with Crippen molar-refractivity contribution in [3.63, 3.8) is 0 Å². The average molecular weight is 315 g/mol. The van der Waals surface area contributed by atoms with Crippen LogP contribution in [-0.4, -0.2) is 23.9 Å². The topological polar surface area (TPSA) is 75.6 Å². The van der Waals surface area contributed by atoms with E-state index in [-0.39, 0.29) is 11.1 Å². The van der Waals surface area contributed by atoms with E-state index in [1.165, 1.54) is 19.2 Å². The number of para-hydroxylation sites is 1. The Labute approximate surface area is 131 Å². The minimum Gasteiger partial charge on any atom is -0.496 e. The van der Waals surface area contributed by atoms with Crippen molar-refractivity contribution >= 4 is 17.4 Å². The highest BCUT2D eigenvalue weighted by molar-refractivity contribution is 6.09. The Morgan fingerprint density at radius 3 is 2.78 bits per heavy atom. The highest BCUT2D eigenvalue weighted by Crippen LogP contribution is 2.39. The summed E-state index contributed by atoms with van der Waals surface area (Å²) >= 11 is 0. The number of amides is 1. The second-order valence-corrected chi connectivity index (χ2v) is 5.30. The number of carbonyl (C=O) groups excluding carboxylic acids is 2. The molecule has 1 amide bonds. The van der Waals surface area contributed by atoms with Gasteiger partial charge in [-0.3, -0.25) is 9.59 Å². The van der Waals surface area contributed by atoms with Crippen molar-refractivity contribution in [2.75, 3.05) is 12.4 Å². The first-order chi connectivity index (χ1) is 11.0. The lowest BCUT2D eigenvalue weighted by Crippen LogP contribution is -2.36. The molecule has 0 spiro atoms. The summed E-state index contributed by atoms with van der Waals surface area (Å²) in [6, 6.07) is 10.1. The molecular formula is C17H14FNO4. The fourth-order valence-corrected chi connectivity index (χ4v) is 2.69. The molecule has 0 saturated carbocycles. The molecule has 2 N–H and O–H groups in total. The lowest BCUT2D eigenvalue weighted by atomic mass is 9.88. The molecule has 118 valence electrons. The van der Waals surface area contributed by atoms with Gasteiger partial charge in [-0.25, -0.2) is 4.39 Å². The number of Topliss-reactive ketones (excluding diaryl/α,β-unsaturated/α-hetero) is 1. The van der Waals surface area contributed by atoms with Crippen molar-refractivity contribution in [1.29, 1.82) is 0 Å². The number of rotatable bonds is 4. The number of aliphatic hydroxyl groups is 1. The number of halogens is 1. The van der Waals surface area contributed by atoms with Crippen LogP contribution in [0.15, 0.2) is 42.5 Å². The van der Waals surface area contributed by atoms with Crippen LogP contribution in [0.5, 0.6) is 5.75 Å². The molecule has 1 aliphatic heterocycles.